The van der Waals surface area contributed by atoms with Crippen LogP contribution in [0, 0.1) is 12.8 Å². The van der Waals surface area contributed by atoms with Gasteiger partial charge < -0.3 is 9.64 Å². The zero-order valence-corrected chi connectivity index (χ0v) is 11.3. The van der Waals surface area contributed by atoms with Crippen molar-refractivity contribution >= 4 is 11.9 Å². The number of esters is 1. The van der Waals surface area contributed by atoms with Crippen molar-refractivity contribution in [3.05, 3.63) is 17.5 Å². The molecule has 2 rings (SSSR count). The number of ether oxygens (including phenoxy) is 1. The van der Waals surface area contributed by atoms with Crippen LogP contribution < -0.4 is 0 Å². The largest absolute Gasteiger partial charge is 0.466 e. The van der Waals surface area contributed by atoms with Crippen LogP contribution in [-0.2, 0) is 9.53 Å². The van der Waals surface area contributed by atoms with Crippen LogP contribution >= 0.6 is 0 Å². The molecule has 104 valence electrons. The molecule has 1 atom stereocenters. The third-order valence-electron chi connectivity index (χ3n) is 3.25. The van der Waals surface area contributed by atoms with Gasteiger partial charge in [0.1, 0.15) is 5.69 Å². The number of aromatic amines is 1. The Hall–Kier alpha value is -1.85. The first-order valence-corrected chi connectivity index (χ1v) is 6.59. The van der Waals surface area contributed by atoms with E-state index in [4.69, 9.17) is 4.74 Å². The molecule has 1 aliphatic rings. The number of likely N-dealkylation sites (tertiary alicyclic amines) is 1. The second-order valence-electron chi connectivity index (χ2n) is 4.78. The van der Waals surface area contributed by atoms with Gasteiger partial charge in [-0.15, -0.1) is 0 Å². The molecule has 2 heterocycles. The van der Waals surface area contributed by atoms with Gasteiger partial charge in [0.15, 0.2) is 0 Å². The Kier molecular flexibility index (Phi) is 4.19. The quantitative estimate of drug-likeness (QED) is 0.831. The fourth-order valence-electron chi connectivity index (χ4n) is 2.30. The number of carbonyl (C=O) groups is 2. The first-order chi connectivity index (χ1) is 9.11. The fourth-order valence-corrected chi connectivity index (χ4v) is 2.30. The topological polar surface area (TPSA) is 75.3 Å². The minimum absolute atomic E-state index is 0.127. The first-order valence-electron chi connectivity index (χ1n) is 6.59. The van der Waals surface area contributed by atoms with Gasteiger partial charge in [0.05, 0.1) is 12.5 Å². The number of hydrogen-bond acceptors (Lipinski definition) is 4. The zero-order chi connectivity index (χ0) is 13.8. The van der Waals surface area contributed by atoms with Crippen molar-refractivity contribution in [1.29, 1.82) is 0 Å². The van der Waals surface area contributed by atoms with Crippen LogP contribution in [0.1, 0.15) is 35.9 Å². The molecule has 1 saturated heterocycles. The molecule has 0 unspecified atom stereocenters. The average Bonchev–Trinajstić information content (AvgIpc) is 2.85. The predicted octanol–water partition coefficient (Wildman–Crippen LogP) is 1.13. The average molecular weight is 265 g/mol. The van der Waals surface area contributed by atoms with Crippen LogP contribution in [0.4, 0.5) is 0 Å². The van der Waals surface area contributed by atoms with Crippen LogP contribution in [0.25, 0.3) is 0 Å². The molecule has 0 radical (unpaired) electrons. The third-order valence-corrected chi connectivity index (χ3v) is 3.25. The van der Waals surface area contributed by atoms with Crippen molar-refractivity contribution in [2.75, 3.05) is 19.7 Å². The van der Waals surface area contributed by atoms with Gasteiger partial charge in [0, 0.05) is 18.8 Å². The van der Waals surface area contributed by atoms with Crippen molar-refractivity contribution in [1.82, 2.24) is 15.1 Å². The molecule has 1 aliphatic heterocycles. The van der Waals surface area contributed by atoms with E-state index in [1.54, 1.807) is 17.9 Å². The Morgan fingerprint density at radius 3 is 3.00 bits per heavy atom. The summed E-state index contributed by atoms with van der Waals surface area (Å²) in [5, 5.41) is 6.72. The lowest BCUT2D eigenvalue weighted by Crippen LogP contribution is -2.43. The molecule has 6 nitrogen and oxygen atoms in total. The molecule has 0 spiro atoms. The smallest absolute Gasteiger partial charge is 0.310 e. The second kappa shape index (κ2) is 5.86. The number of piperidine rings is 1. The fraction of sp³-hybridized carbons (Fsp3) is 0.615. The number of rotatable bonds is 3. The number of aryl methyl sites for hydroxylation is 1. The SMILES string of the molecule is CCOC(=O)[C@@H]1CCCN(C(=O)c2cc(C)[nH]n2)C1. The predicted molar refractivity (Wildman–Crippen MR) is 68.6 cm³/mol. The molecule has 1 fully saturated rings. The van der Waals surface area contributed by atoms with E-state index in [9.17, 15) is 9.59 Å². The van der Waals surface area contributed by atoms with E-state index >= 15 is 0 Å². The van der Waals surface area contributed by atoms with Gasteiger partial charge in [0.2, 0.25) is 0 Å². The monoisotopic (exact) mass is 265 g/mol. The Balaban J connectivity index is 2.01. The molecule has 1 aromatic heterocycles. The lowest BCUT2D eigenvalue weighted by atomic mass is 9.98. The van der Waals surface area contributed by atoms with Crippen molar-refractivity contribution in [3.8, 4) is 0 Å². The normalized spacial score (nSPS) is 19.3. The number of carbonyl (C=O) groups excluding carboxylic acids is 2. The maximum Gasteiger partial charge on any atom is 0.310 e. The van der Waals surface area contributed by atoms with E-state index in [2.05, 4.69) is 10.2 Å². The number of aromatic nitrogens is 2. The van der Waals surface area contributed by atoms with Crippen LogP contribution in [-0.4, -0.2) is 46.7 Å². The minimum atomic E-state index is -0.210. The van der Waals surface area contributed by atoms with Crippen LogP contribution in [0.2, 0.25) is 0 Å². The maximum atomic E-state index is 12.2. The van der Waals surface area contributed by atoms with Gasteiger partial charge in [-0.1, -0.05) is 0 Å². The van der Waals surface area contributed by atoms with Gasteiger partial charge in [0.25, 0.3) is 5.91 Å². The molecular formula is C13H19N3O3. The molecular weight excluding hydrogens is 246 g/mol. The molecule has 0 aromatic carbocycles. The highest BCUT2D eigenvalue weighted by Gasteiger charge is 2.30. The Morgan fingerprint density at radius 1 is 1.58 bits per heavy atom. The molecule has 1 aromatic rings. The third kappa shape index (κ3) is 3.13. The number of nitrogens with one attached hydrogen (secondary N) is 1. The Bertz CT molecular complexity index is 469. The van der Waals surface area contributed by atoms with E-state index in [1.165, 1.54) is 0 Å². The van der Waals surface area contributed by atoms with Gasteiger partial charge >= 0.3 is 5.97 Å². The molecule has 1 N–H and O–H groups in total. The summed E-state index contributed by atoms with van der Waals surface area (Å²) in [6, 6.07) is 1.72. The van der Waals surface area contributed by atoms with Gasteiger partial charge in [-0.25, -0.2) is 0 Å². The summed E-state index contributed by atoms with van der Waals surface area (Å²) in [6.07, 6.45) is 1.60. The molecule has 6 heteroatoms. The number of H-pyrrole nitrogens is 1. The van der Waals surface area contributed by atoms with Crippen LogP contribution in [0.15, 0.2) is 6.07 Å². The van der Waals surface area contributed by atoms with Crippen molar-refractivity contribution in [2.45, 2.75) is 26.7 Å². The Morgan fingerprint density at radius 2 is 2.37 bits per heavy atom. The summed E-state index contributed by atoms with van der Waals surface area (Å²) < 4.78 is 5.02. The van der Waals surface area contributed by atoms with Gasteiger partial charge in [-0.05, 0) is 32.8 Å². The number of nitrogens with zero attached hydrogens (tertiary/aromatic N) is 2. The molecule has 0 saturated carbocycles. The maximum absolute atomic E-state index is 12.2. The van der Waals surface area contributed by atoms with E-state index < -0.39 is 0 Å². The molecule has 0 bridgehead atoms. The Labute approximate surface area is 112 Å². The van der Waals surface area contributed by atoms with Crippen LogP contribution in [0.3, 0.4) is 0 Å². The van der Waals surface area contributed by atoms with E-state index in [0.717, 1.165) is 18.5 Å². The van der Waals surface area contributed by atoms with Crippen molar-refractivity contribution in [2.24, 2.45) is 5.92 Å². The summed E-state index contributed by atoms with van der Waals surface area (Å²) >= 11 is 0. The summed E-state index contributed by atoms with van der Waals surface area (Å²) in [5.41, 5.74) is 1.25. The highest BCUT2D eigenvalue weighted by Crippen LogP contribution is 2.19. The van der Waals surface area contributed by atoms with E-state index in [1.807, 2.05) is 6.92 Å². The lowest BCUT2D eigenvalue weighted by molar-refractivity contribution is -0.149. The highest BCUT2D eigenvalue weighted by molar-refractivity contribution is 5.92. The standard InChI is InChI=1S/C13H19N3O3/c1-3-19-13(18)10-5-4-6-16(8-10)12(17)11-7-9(2)14-15-11/h7,10H,3-6,8H2,1-2H3,(H,14,15)/t10-/m1/s1. The zero-order valence-electron chi connectivity index (χ0n) is 11.3. The summed E-state index contributed by atoms with van der Waals surface area (Å²) in [6.45, 7) is 5.10. The summed E-state index contributed by atoms with van der Waals surface area (Å²) in [5.74, 6) is -0.547. The number of hydrogen-bond donors (Lipinski definition) is 1. The van der Waals surface area contributed by atoms with Crippen molar-refractivity contribution in [3.63, 3.8) is 0 Å². The first kappa shape index (κ1) is 13.6. The summed E-state index contributed by atoms with van der Waals surface area (Å²) in [4.78, 5) is 25.6. The van der Waals surface area contributed by atoms with Crippen molar-refractivity contribution < 1.29 is 14.3 Å². The van der Waals surface area contributed by atoms with Gasteiger partial charge in [-0.2, -0.15) is 5.10 Å². The number of amides is 1. The molecule has 0 aliphatic carbocycles. The van der Waals surface area contributed by atoms with Crippen LogP contribution in [0.5, 0.6) is 0 Å². The van der Waals surface area contributed by atoms with E-state index in [0.29, 0.717) is 25.4 Å². The van der Waals surface area contributed by atoms with Gasteiger partial charge in [-0.3, -0.25) is 14.7 Å². The summed E-state index contributed by atoms with van der Waals surface area (Å²) in [7, 11) is 0. The lowest BCUT2D eigenvalue weighted by Gasteiger charge is -2.31. The minimum Gasteiger partial charge on any atom is -0.466 e. The highest BCUT2D eigenvalue weighted by atomic mass is 16.5. The van der Waals surface area contributed by atoms with E-state index in [-0.39, 0.29) is 17.8 Å². The molecule has 1 amide bonds. The molecule has 19 heavy (non-hydrogen) atoms. The second-order valence-corrected chi connectivity index (χ2v) is 4.78.